The first kappa shape index (κ1) is 23.5. The van der Waals surface area contributed by atoms with Crippen LogP contribution in [0, 0.1) is 6.92 Å². The van der Waals surface area contributed by atoms with Gasteiger partial charge in [0.1, 0.15) is 17.2 Å². The lowest BCUT2D eigenvalue weighted by molar-refractivity contribution is 0.0397. The van der Waals surface area contributed by atoms with Crippen molar-refractivity contribution in [2.75, 3.05) is 16.7 Å². The van der Waals surface area contributed by atoms with E-state index in [1.807, 2.05) is 27.7 Å². The molecule has 10 heteroatoms. The van der Waals surface area contributed by atoms with Crippen molar-refractivity contribution in [1.82, 2.24) is 4.98 Å². The molecule has 0 bridgehead atoms. The second-order valence-corrected chi connectivity index (χ2v) is 8.39. The number of benzene rings is 1. The summed E-state index contributed by atoms with van der Waals surface area (Å²) in [6.07, 6.45) is -0.119. The molecule has 1 aliphatic rings. The zero-order chi connectivity index (χ0) is 21.8. The van der Waals surface area contributed by atoms with E-state index < -0.39 is 6.35 Å². The maximum atomic E-state index is 13.3. The van der Waals surface area contributed by atoms with Crippen molar-refractivity contribution in [3.63, 3.8) is 0 Å². The third kappa shape index (κ3) is 6.12. The Morgan fingerprint density at radius 2 is 1.97 bits per heavy atom. The van der Waals surface area contributed by atoms with Crippen LogP contribution in [0.25, 0.3) is 0 Å². The van der Waals surface area contributed by atoms with E-state index in [-0.39, 0.29) is 33.9 Å². The summed E-state index contributed by atoms with van der Waals surface area (Å²) < 4.78 is 25.1. The van der Waals surface area contributed by atoms with Crippen molar-refractivity contribution >= 4 is 53.3 Å². The Balaban J connectivity index is 0.000000438. The standard InChI is InChI=1S/C14H10Cl2FN3O2S.C5H12O/c1-7-2-3-9(4-8(7)6-21)22-14-18-11-5-10(15)12(16)19-13(11)20(14)23-17;1-5(2,3)6-4/h2-6,14,18H,1H3;1-4H3. The maximum absolute atomic E-state index is 13.3. The van der Waals surface area contributed by atoms with Gasteiger partial charge in [0, 0.05) is 12.7 Å². The lowest BCUT2D eigenvalue weighted by atomic mass is 10.1. The minimum Gasteiger partial charge on any atom is -0.451 e. The predicted molar refractivity (Wildman–Crippen MR) is 117 cm³/mol. The molecule has 3 rings (SSSR count). The highest BCUT2D eigenvalue weighted by molar-refractivity contribution is 7.95. The summed E-state index contributed by atoms with van der Waals surface area (Å²) in [4.78, 5) is 15.1. The zero-order valence-corrected chi connectivity index (χ0v) is 19.0. The van der Waals surface area contributed by atoms with Crippen LogP contribution >= 0.6 is 35.5 Å². The first-order chi connectivity index (χ1) is 13.6. The number of carbonyl (C=O) groups is 1. The highest BCUT2D eigenvalue weighted by Gasteiger charge is 2.34. The minimum absolute atomic E-state index is 0.0417. The van der Waals surface area contributed by atoms with Gasteiger partial charge >= 0.3 is 0 Å². The first-order valence-electron chi connectivity index (χ1n) is 8.57. The van der Waals surface area contributed by atoms with Gasteiger partial charge in [0.25, 0.3) is 6.35 Å². The molecule has 1 aromatic heterocycles. The summed E-state index contributed by atoms with van der Waals surface area (Å²) in [6.45, 7) is 7.88. The van der Waals surface area contributed by atoms with Crippen molar-refractivity contribution in [2.24, 2.45) is 0 Å². The predicted octanol–water partition coefficient (Wildman–Crippen LogP) is 6.07. The number of aromatic nitrogens is 1. The Bertz CT molecular complexity index is 881. The Labute approximate surface area is 184 Å². The Morgan fingerprint density at radius 3 is 2.52 bits per heavy atom. The SMILES string of the molecule is COC(C)(C)C.Cc1ccc(OC2Nc3cc(Cl)c(Cl)nc3N2SF)cc1C=O. The van der Waals surface area contributed by atoms with Gasteiger partial charge in [-0.05, 0) is 51.5 Å². The molecule has 0 radical (unpaired) electrons. The van der Waals surface area contributed by atoms with Crippen LogP contribution in [0.4, 0.5) is 15.4 Å². The fraction of sp³-hybridized carbons (Fsp3) is 0.368. The number of anilines is 2. The normalized spacial score (nSPS) is 15.2. The molecule has 0 fully saturated rings. The van der Waals surface area contributed by atoms with E-state index in [9.17, 15) is 8.68 Å². The summed E-state index contributed by atoms with van der Waals surface area (Å²) in [5, 5.41) is 3.28. The molecule has 158 valence electrons. The van der Waals surface area contributed by atoms with Crippen molar-refractivity contribution < 1.29 is 18.2 Å². The van der Waals surface area contributed by atoms with Gasteiger partial charge in [0.15, 0.2) is 18.2 Å². The number of ether oxygens (including phenoxy) is 2. The third-order valence-corrected chi connectivity index (χ3v) is 5.11. The van der Waals surface area contributed by atoms with Gasteiger partial charge in [0.05, 0.1) is 16.3 Å². The summed E-state index contributed by atoms with van der Waals surface area (Å²) in [5.41, 5.74) is 1.87. The monoisotopic (exact) mass is 461 g/mol. The fourth-order valence-electron chi connectivity index (χ4n) is 2.13. The number of rotatable bonds is 4. The van der Waals surface area contributed by atoms with Crippen molar-refractivity contribution in [1.29, 1.82) is 0 Å². The lowest BCUT2D eigenvalue weighted by Crippen LogP contribution is -2.35. The number of methoxy groups -OCH3 is 1. The number of nitrogens with one attached hydrogen (secondary N) is 1. The van der Waals surface area contributed by atoms with Gasteiger partial charge < -0.3 is 14.8 Å². The van der Waals surface area contributed by atoms with Crippen LogP contribution in [-0.2, 0) is 4.74 Å². The number of aryl methyl sites for hydroxylation is 1. The van der Waals surface area contributed by atoms with E-state index in [4.69, 9.17) is 32.7 Å². The number of pyridine rings is 1. The number of halogens is 3. The smallest absolute Gasteiger partial charge is 0.263 e. The van der Waals surface area contributed by atoms with Crippen LogP contribution in [-0.4, -0.2) is 30.3 Å². The summed E-state index contributed by atoms with van der Waals surface area (Å²) in [6, 6.07) is 6.58. The molecule has 0 amide bonds. The number of carbonyl (C=O) groups excluding carboxylic acids is 1. The largest absolute Gasteiger partial charge is 0.451 e. The van der Waals surface area contributed by atoms with Crippen LogP contribution in [0.1, 0.15) is 36.7 Å². The second-order valence-electron chi connectivity index (χ2n) is 7.09. The average Bonchev–Trinajstić information content (AvgIpc) is 2.99. The molecule has 1 atom stereocenters. The Morgan fingerprint density at radius 1 is 1.31 bits per heavy atom. The molecule has 2 aromatic rings. The molecule has 1 unspecified atom stereocenters. The topological polar surface area (TPSA) is 63.7 Å². The Hall–Kier alpha value is -1.74. The fourth-order valence-corrected chi connectivity index (χ4v) is 2.79. The molecule has 0 saturated carbocycles. The van der Waals surface area contributed by atoms with E-state index in [0.717, 1.165) is 11.8 Å². The first-order valence-corrected chi connectivity index (χ1v) is 10.0. The molecule has 0 aliphatic carbocycles. The zero-order valence-electron chi connectivity index (χ0n) is 16.6. The van der Waals surface area contributed by atoms with E-state index in [2.05, 4.69) is 10.3 Å². The number of hydrogen-bond donors (Lipinski definition) is 1. The van der Waals surface area contributed by atoms with E-state index in [1.165, 1.54) is 4.31 Å². The third-order valence-electron chi connectivity index (χ3n) is 3.93. The molecular formula is C19H22Cl2FN3O3S. The molecule has 0 spiro atoms. The molecule has 29 heavy (non-hydrogen) atoms. The summed E-state index contributed by atoms with van der Waals surface area (Å²) >= 11 is 11.7. The van der Waals surface area contributed by atoms with Gasteiger partial charge in [0.2, 0.25) is 0 Å². The van der Waals surface area contributed by atoms with Gasteiger partial charge in [-0.2, -0.15) is 0 Å². The van der Waals surface area contributed by atoms with Crippen molar-refractivity contribution in [3.05, 3.63) is 45.6 Å². The maximum Gasteiger partial charge on any atom is 0.263 e. The van der Waals surface area contributed by atoms with Crippen molar-refractivity contribution in [2.45, 2.75) is 39.6 Å². The summed E-state index contributed by atoms with van der Waals surface area (Å²) in [7, 11) is 1.71. The highest BCUT2D eigenvalue weighted by Crippen LogP contribution is 2.41. The molecular weight excluding hydrogens is 440 g/mol. The van der Waals surface area contributed by atoms with Gasteiger partial charge in [-0.25, -0.2) is 9.29 Å². The van der Waals surface area contributed by atoms with Crippen LogP contribution < -0.4 is 14.4 Å². The number of nitrogens with zero attached hydrogens (tertiary/aromatic N) is 2. The van der Waals surface area contributed by atoms with Gasteiger partial charge in [-0.3, -0.25) is 4.79 Å². The number of aldehydes is 1. The molecule has 6 nitrogen and oxygen atoms in total. The minimum atomic E-state index is -0.857. The molecule has 0 saturated heterocycles. The average molecular weight is 462 g/mol. The molecule has 1 N–H and O–H groups in total. The van der Waals surface area contributed by atoms with Crippen LogP contribution in [0.3, 0.4) is 0 Å². The molecule has 2 heterocycles. The van der Waals surface area contributed by atoms with Gasteiger partial charge in [-0.15, -0.1) is 3.89 Å². The molecule has 1 aromatic carbocycles. The van der Waals surface area contributed by atoms with Crippen LogP contribution in [0.5, 0.6) is 5.75 Å². The summed E-state index contributed by atoms with van der Waals surface area (Å²) in [5.74, 6) is 0.693. The van der Waals surface area contributed by atoms with Crippen LogP contribution in [0.2, 0.25) is 10.2 Å². The van der Waals surface area contributed by atoms with Gasteiger partial charge in [-0.1, -0.05) is 29.3 Å². The van der Waals surface area contributed by atoms with Crippen LogP contribution in [0.15, 0.2) is 24.3 Å². The number of hydrogen-bond acceptors (Lipinski definition) is 7. The Kier molecular flexibility index (Phi) is 7.99. The van der Waals surface area contributed by atoms with E-state index >= 15 is 0 Å². The lowest BCUT2D eigenvalue weighted by Gasteiger charge is -2.21. The van der Waals surface area contributed by atoms with E-state index in [0.29, 0.717) is 17.0 Å². The second kappa shape index (κ2) is 9.84. The molecule has 1 aliphatic heterocycles. The van der Waals surface area contributed by atoms with Crippen molar-refractivity contribution in [3.8, 4) is 5.75 Å². The number of fused-ring (bicyclic) bond motifs is 1. The quantitative estimate of drug-likeness (QED) is 0.336. The van der Waals surface area contributed by atoms with E-state index in [1.54, 1.807) is 31.4 Å². The highest BCUT2D eigenvalue weighted by atomic mass is 35.5.